The minimum Gasteiger partial charge on any atom is -0.474 e. The van der Waals surface area contributed by atoms with Crippen LogP contribution in [-0.2, 0) is 18.6 Å². The molecule has 2 aliphatic heterocycles. The van der Waals surface area contributed by atoms with Crippen LogP contribution in [0.2, 0.25) is 0 Å². The molecule has 0 amide bonds. The minimum atomic E-state index is -1.44. The number of nitrogens with zero attached hydrogens (tertiary/aromatic N) is 1. The summed E-state index contributed by atoms with van der Waals surface area (Å²) in [6.45, 7) is 4.26. The number of halogens is 1. The van der Waals surface area contributed by atoms with Gasteiger partial charge in [-0.15, -0.1) is 0 Å². The molecule has 1 saturated carbocycles. The lowest BCUT2D eigenvalue weighted by atomic mass is 9.89. The maximum absolute atomic E-state index is 15.6. The Morgan fingerprint density at radius 1 is 1.41 bits per heavy atom. The van der Waals surface area contributed by atoms with Crippen molar-refractivity contribution in [3.05, 3.63) is 64.3 Å². The topological polar surface area (TPSA) is 103 Å². The minimum absolute atomic E-state index is 0.0477. The predicted octanol–water partition coefficient (Wildman–Crippen LogP) is 2.13. The number of benzene rings is 1. The lowest BCUT2D eigenvalue weighted by Gasteiger charge is -2.46. The van der Waals surface area contributed by atoms with Crippen LogP contribution in [0.5, 0.6) is 5.75 Å². The number of hydrogen-bond acceptors (Lipinski definition) is 7. The van der Waals surface area contributed by atoms with E-state index in [0.717, 1.165) is 29.7 Å². The van der Waals surface area contributed by atoms with Gasteiger partial charge in [0.2, 0.25) is 0 Å². The summed E-state index contributed by atoms with van der Waals surface area (Å²) in [7, 11) is 1.82. The zero-order valence-electron chi connectivity index (χ0n) is 20.3. The van der Waals surface area contributed by atoms with Crippen molar-refractivity contribution in [3.63, 3.8) is 0 Å². The molecule has 3 aliphatic rings. The maximum atomic E-state index is 15.6. The lowest BCUT2D eigenvalue weighted by Crippen LogP contribution is -2.56. The number of allylic oxidation sites excluding steroid dienone is 2. The number of nitrogens with one attached hydrogen (secondary N) is 2. The number of aliphatic hydroxyl groups excluding tert-OH is 1. The third-order valence-corrected chi connectivity index (χ3v) is 7.30. The Bertz CT molecular complexity index is 1000. The molecule has 186 valence electrons. The first-order valence-corrected chi connectivity index (χ1v) is 12.2. The van der Waals surface area contributed by atoms with Crippen molar-refractivity contribution in [1.29, 1.82) is 0 Å². The largest absolute Gasteiger partial charge is 0.474 e. The van der Waals surface area contributed by atoms with Gasteiger partial charge in [0.1, 0.15) is 12.5 Å². The average molecular weight is 473 g/mol. The summed E-state index contributed by atoms with van der Waals surface area (Å²) in [6.07, 6.45) is 10.6. The van der Waals surface area contributed by atoms with Crippen molar-refractivity contribution >= 4 is 0 Å². The molecule has 6 N–H and O–H groups in total. The molecule has 1 aromatic carbocycles. The number of dihydropyridines is 1. The van der Waals surface area contributed by atoms with Crippen LogP contribution in [0.3, 0.4) is 0 Å². The van der Waals surface area contributed by atoms with Gasteiger partial charge < -0.3 is 31.3 Å². The highest BCUT2D eigenvalue weighted by molar-refractivity contribution is 5.49. The summed E-state index contributed by atoms with van der Waals surface area (Å²) in [6, 6.07) is 1.43. The van der Waals surface area contributed by atoms with Crippen LogP contribution >= 0.6 is 0 Å². The van der Waals surface area contributed by atoms with Crippen LogP contribution < -0.4 is 21.1 Å². The van der Waals surface area contributed by atoms with Gasteiger partial charge >= 0.3 is 0 Å². The Labute approximate surface area is 201 Å². The molecule has 0 bridgehead atoms. The molecule has 8 heteroatoms. The Morgan fingerprint density at radius 2 is 2.21 bits per heavy atom. The Morgan fingerprint density at radius 3 is 2.82 bits per heavy atom. The molecular formula is C26H37FN4O3. The van der Waals surface area contributed by atoms with Crippen molar-refractivity contribution in [2.75, 3.05) is 20.3 Å². The Balaban J connectivity index is 1.64. The third kappa shape index (κ3) is 4.60. The van der Waals surface area contributed by atoms with Crippen molar-refractivity contribution in [3.8, 4) is 5.75 Å². The van der Waals surface area contributed by atoms with Gasteiger partial charge in [-0.05, 0) is 80.1 Å². The van der Waals surface area contributed by atoms with Gasteiger partial charge in [0, 0.05) is 30.9 Å². The summed E-state index contributed by atoms with van der Waals surface area (Å²) in [5.41, 5.74) is 8.62. The van der Waals surface area contributed by atoms with E-state index in [1.54, 1.807) is 18.0 Å². The first-order chi connectivity index (χ1) is 16.3. The van der Waals surface area contributed by atoms with Gasteiger partial charge in [-0.1, -0.05) is 13.0 Å². The third-order valence-electron chi connectivity index (χ3n) is 7.30. The van der Waals surface area contributed by atoms with E-state index in [1.807, 2.05) is 38.3 Å². The molecule has 0 saturated heterocycles. The van der Waals surface area contributed by atoms with Crippen LogP contribution in [0, 0.1) is 5.82 Å². The highest BCUT2D eigenvalue weighted by atomic mass is 19.1. The fraction of sp³-hybridized carbons (Fsp3) is 0.538. The molecular weight excluding hydrogens is 435 g/mol. The van der Waals surface area contributed by atoms with Gasteiger partial charge in [0.15, 0.2) is 11.6 Å². The van der Waals surface area contributed by atoms with Crippen LogP contribution in [0.25, 0.3) is 0 Å². The number of aliphatic hydroxyl groups is 2. The smallest absolute Gasteiger partial charge is 0.169 e. The van der Waals surface area contributed by atoms with Gasteiger partial charge in [0.25, 0.3) is 0 Å². The van der Waals surface area contributed by atoms with Gasteiger partial charge in [-0.2, -0.15) is 0 Å². The summed E-state index contributed by atoms with van der Waals surface area (Å²) in [5.74, 6) is -0.281. The van der Waals surface area contributed by atoms with Crippen molar-refractivity contribution in [1.82, 2.24) is 15.5 Å². The second-order valence-corrected chi connectivity index (χ2v) is 9.54. The van der Waals surface area contributed by atoms with Crippen molar-refractivity contribution < 1.29 is 19.3 Å². The second kappa shape index (κ2) is 10.1. The van der Waals surface area contributed by atoms with Gasteiger partial charge in [-0.25, -0.2) is 9.29 Å². The first kappa shape index (κ1) is 24.7. The van der Waals surface area contributed by atoms with E-state index in [2.05, 4.69) is 10.6 Å². The predicted molar refractivity (Wildman–Crippen MR) is 130 cm³/mol. The van der Waals surface area contributed by atoms with Crippen LogP contribution in [-0.4, -0.2) is 53.6 Å². The maximum Gasteiger partial charge on any atom is 0.169 e. The number of nitrogens with two attached hydrogens (primary N) is 1. The molecule has 7 nitrogen and oxygen atoms in total. The zero-order valence-corrected chi connectivity index (χ0v) is 20.3. The molecule has 4 atom stereocenters. The molecule has 1 aliphatic carbocycles. The van der Waals surface area contributed by atoms with Crippen LogP contribution in [0.1, 0.15) is 49.8 Å². The number of hydrogen-bond donors (Lipinski definition) is 5. The normalized spacial score (nSPS) is 28.1. The quantitative estimate of drug-likeness (QED) is 0.414. The molecule has 34 heavy (non-hydrogen) atoms. The van der Waals surface area contributed by atoms with E-state index < -0.39 is 17.6 Å². The molecule has 2 unspecified atom stereocenters. The highest BCUT2D eigenvalue weighted by Gasteiger charge is 2.46. The van der Waals surface area contributed by atoms with Crippen molar-refractivity contribution in [2.24, 2.45) is 5.73 Å². The molecule has 4 rings (SSSR count). The average Bonchev–Trinajstić information content (AvgIpc) is 3.24. The molecule has 0 aromatic heterocycles. The molecule has 0 radical (unpaired) electrons. The van der Waals surface area contributed by atoms with E-state index >= 15 is 4.39 Å². The van der Waals surface area contributed by atoms with Crippen LogP contribution in [0.4, 0.5) is 4.39 Å². The molecule has 1 aromatic rings. The van der Waals surface area contributed by atoms with E-state index in [0.29, 0.717) is 36.9 Å². The number of ether oxygens (including phenoxy) is 1. The summed E-state index contributed by atoms with van der Waals surface area (Å²) in [4.78, 5) is 1.76. The molecule has 1 fully saturated rings. The number of fused-ring (bicyclic) bond motifs is 1. The molecule has 2 heterocycles. The van der Waals surface area contributed by atoms with Crippen LogP contribution in [0.15, 0.2) is 41.8 Å². The Hall–Kier alpha value is -2.39. The van der Waals surface area contributed by atoms with E-state index in [4.69, 9.17) is 10.5 Å². The fourth-order valence-corrected chi connectivity index (χ4v) is 5.31. The lowest BCUT2D eigenvalue weighted by molar-refractivity contribution is -0.177. The van der Waals surface area contributed by atoms with E-state index in [1.165, 1.54) is 0 Å². The van der Waals surface area contributed by atoms with Crippen molar-refractivity contribution in [2.45, 2.75) is 69.9 Å². The van der Waals surface area contributed by atoms with E-state index in [-0.39, 0.29) is 24.6 Å². The first-order valence-electron chi connectivity index (χ1n) is 12.2. The summed E-state index contributed by atoms with van der Waals surface area (Å²) < 4.78 is 21.4. The molecule has 0 spiro atoms. The summed E-state index contributed by atoms with van der Waals surface area (Å²) in [5, 5.41) is 28.3. The van der Waals surface area contributed by atoms with Gasteiger partial charge in [0.05, 0.1) is 12.1 Å². The Kier molecular flexibility index (Phi) is 7.33. The second-order valence-electron chi connectivity index (χ2n) is 9.54. The SMILES string of the molecule is CCc1c(CC2=CC=C(C(N)/C=C\NC)NC2)cc2c(c1F)OCN([C@H]1CCC[C@@H]1O)C2(C)O. The number of rotatable bonds is 7. The monoisotopic (exact) mass is 472 g/mol. The zero-order chi connectivity index (χ0) is 24.5. The van der Waals surface area contributed by atoms with Gasteiger partial charge in [-0.3, -0.25) is 0 Å². The van der Waals surface area contributed by atoms with E-state index in [9.17, 15) is 10.2 Å². The fourth-order valence-electron chi connectivity index (χ4n) is 5.31. The standard InChI is InChI=1S/C26H37FN4O3/c1-4-18-17(12-16-8-9-21(30-14-16)20(28)10-11-29-3)13-19-25(24(18)27)34-15-31(26(19,2)33)22-6-5-7-23(22)32/h8-11,13,20,22-23,29-30,32-33H,4-7,12,14-15,28H2,1-3H3/b11-10-/t20?,22-,23-,26?/m0/s1. The summed E-state index contributed by atoms with van der Waals surface area (Å²) >= 11 is 0. The highest BCUT2D eigenvalue weighted by Crippen LogP contribution is 2.44.